The lowest BCUT2D eigenvalue weighted by Crippen LogP contribution is -2.26. The van der Waals surface area contributed by atoms with Crippen LogP contribution in [-0.2, 0) is 14.3 Å². The highest BCUT2D eigenvalue weighted by Crippen LogP contribution is 2.47. The van der Waals surface area contributed by atoms with Gasteiger partial charge < -0.3 is 15.0 Å². The van der Waals surface area contributed by atoms with Gasteiger partial charge in [0.1, 0.15) is 0 Å². The number of esters is 1. The smallest absolute Gasteiger partial charge is 0.308 e. The van der Waals surface area contributed by atoms with Crippen molar-refractivity contribution in [1.82, 2.24) is 0 Å². The SMILES string of the molecule is O=C(COC(=O)CCN1c2ccccc2Sc2ccccc21)Nc1ccccc1. The number of nitrogens with zero attached hydrogens (tertiary/aromatic N) is 1. The van der Waals surface area contributed by atoms with Gasteiger partial charge >= 0.3 is 5.97 Å². The molecule has 1 aliphatic rings. The maximum absolute atomic E-state index is 12.2. The Bertz CT molecular complexity index is 978. The summed E-state index contributed by atoms with van der Waals surface area (Å²) in [6, 6.07) is 25.4. The standard InChI is InChI=1S/C23H20N2O3S/c26-22(24-17-8-2-1-3-9-17)16-28-23(27)14-15-25-18-10-4-6-12-20(18)29-21-13-7-5-11-19(21)25/h1-13H,14-16H2,(H,24,26). The summed E-state index contributed by atoms with van der Waals surface area (Å²) in [5.41, 5.74) is 2.82. The molecule has 1 aliphatic heterocycles. The number of rotatable bonds is 6. The van der Waals surface area contributed by atoms with Crippen LogP contribution in [0, 0.1) is 0 Å². The highest BCUT2D eigenvalue weighted by atomic mass is 32.2. The van der Waals surface area contributed by atoms with Crippen LogP contribution in [0.5, 0.6) is 0 Å². The van der Waals surface area contributed by atoms with Crippen molar-refractivity contribution in [1.29, 1.82) is 0 Å². The topological polar surface area (TPSA) is 58.6 Å². The number of nitrogens with one attached hydrogen (secondary N) is 1. The number of hydrogen-bond donors (Lipinski definition) is 1. The number of benzene rings is 3. The highest BCUT2D eigenvalue weighted by molar-refractivity contribution is 7.99. The number of amides is 1. The van der Waals surface area contributed by atoms with Crippen LogP contribution in [0.3, 0.4) is 0 Å². The van der Waals surface area contributed by atoms with E-state index >= 15 is 0 Å². The number of fused-ring (bicyclic) bond motifs is 2. The van der Waals surface area contributed by atoms with E-state index in [1.807, 2.05) is 42.5 Å². The van der Waals surface area contributed by atoms with E-state index in [2.05, 4.69) is 34.5 Å². The molecule has 0 aromatic heterocycles. The second-order valence-electron chi connectivity index (χ2n) is 6.51. The fraction of sp³-hybridized carbons (Fsp3) is 0.130. The molecule has 5 nitrogen and oxygen atoms in total. The van der Waals surface area contributed by atoms with Crippen LogP contribution >= 0.6 is 11.8 Å². The third-order valence-corrected chi connectivity index (χ3v) is 5.62. The lowest BCUT2D eigenvalue weighted by molar-refractivity contribution is -0.147. The van der Waals surface area contributed by atoms with Gasteiger partial charge in [0.2, 0.25) is 0 Å². The summed E-state index contributed by atoms with van der Waals surface area (Å²) in [5.74, 6) is -0.754. The lowest BCUT2D eigenvalue weighted by Gasteiger charge is -2.32. The predicted molar refractivity (Wildman–Crippen MR) is 115 cm³/mol. The van der Waals surface area contributed by atoms with Gasteiger partial charge in [-0.1, -0.05) is 54.2 Å². The van der Waals surface area contributed by atoms with Crippen LogP contribution in [0.15, 0.2) is 88.7 Å². The van der Waals surface area contributed by atoms with E-state index in [0.717, 1.165) is 21.2 Å². The molecule has 4 rings (SSSR count). The molecule has 0 aliphatic carbocycles. The van der Waals surface area contributed by atoms with Crippen molar-refractivity contribution in [3.8, 4) is 0 Å². The molecule has 146 valence electrons. The molecule has 1 heterocycles. The van der Waals surface area contributed by atoms with Gasteiger partial charge in [0.15, 0.2) is 6.61 Å². The zero-order valence-corrected chi connectivity index (χ0v) is 16.5. The maximum atomic E-state index is 12.2. The second kappa shape index (κ2) is 8.84. The summed E-state index contributed by atoms with van der Waals surface area (Å²) >= 11 is 1.72. The van der Waals surface area contributed by atoms with Crippen LogP contribution in [0.25, 0.3) is 0 Å². The number of anilines is 3. The summed E-state index contributed by atoms with van der Waals surface area (Å²) in [4.78, 5) is 28.6. The van der Waals surface area contributed by atoms with Crippen molar-refractivity contribution >= 4 is 40.7 Å². The number of hydrogen-bond acceptors (Lipinski definition) is 5. The molecule has 1 N–H and O–H groups in total. The number of carbonyl (C=O) groups excluding carboxylic acids is 2. The van der Waals surface area contributed by atoms with Crippen LogP contribution in [0.1, 0.15) is 6.42 Å². The Morgan fingerprint density at radius 2 is 1.41 bits per heavy atom. The van der Waals surface area contributed by atoms with Crippen molar-refractivity contribution in [3.05, 3.63) is 78.9 Å². The molecule has 0 spiro atoms. The Hall–Kier alpha value is -3.25. The van der Waals surface area contributed by atoms with Crippen LogP contribution in [0.4, 0.5) is 17.1 Å². The molecule has 0 bridgehead atoms. The quantitative estimate of drug-likeness (QED) is 0.595. The lowest BCUT2D eigenvalue weighted by atomic mass is 10.2. The Balaban J connectivity index is 1.35. The minimum Gasteiger partial charge on any atom is -0.456 e. The molecule has 0 saturated carbocycles. The predicted octanol–water partition coefficient (Wildman–Crippen LogP) is 4.86. The van der Waals surface area contributed by atoms with Gasteiger partial charge in [-0.15, -0.1) is 0 Å². The first-order valence-electron chi connectivity index (χ1n) is 9.35. The minimum absolute atomic E-state index is 0.186. The van der Waals surface area contributed by atoms with Gasteiger partial charge in [0, 0.05) is 22.0 Å². The van der Waals surface area contributed by atoms with E-state index in [0.29, 0.717) is 12.2 Å². The second-order valence-corrected chi connectivity index (χ2v) is 7.60. The normalized spacial score (nSPS) is 11.9. The van der Waals surface area contributed by atoms with Crippen LogP contribution < -0.4 is 10.2 Å². The van der Waals surface area contributed by atoms with E-state index in [4.69, 9.17) is 4.74 Å². The fourth-order valence-corrected chi connectivity index (χ4v) is 4.26. The third kappa shape index (κ3) is 4.60. The van der Waals surface area contributed by atoms with Crippen molar-refractivity contribution in [2.24, 2.45) is 0 Å². The van der Waals surface area contributed by atoms with E-state index in [9.17, 15) is 9.59 Å². The molecule has 0 unspecified atom stereocenters. The minimum atomic E-state index is -0.401. The molecule has 6 heteroatoms. The number of carbonyl (C=O) groups is 2. The van der Waals surface area contributed by atoms with Gasteiger partial charge in [-0.3, -0.25) is 9.59 Å². The molecule has 1 amide bonds. The first-order chi connectivity index (χ1) is 14.2. The molecular formula is C23H20N2O3S. The summed E-state index contributed by atoms with van der Waals surface area (Å²) in [6.07, 6.45) is 0.186. The van der Waals surface area contributed by atoms with Crippen molar-refractivity contribution in [2.45, 2.75) is 16.2 Å². The van der Waals surface area contributed by atoms with Crippen molar-refractivity contribution in [3.63, 3.8) is 0 Å². The number of para-hydroxylation sites is 3. The van der Waals surface area contributed by atoms with Gasteiger partial charge in [0.25, 0.3) is 5.91 Å². The van der Waals surface area contributed by atoms with Gasteiger partial charge in [-0.05, 0) is 36.4 Å². The van der Waals surface area contributed by atoms with Crippen LogP contribution in [0.2, 0.25) is 0 Å². The van der Waals surface area contributed by atoms with E-state index < -0.39 is 5.97 Å². The van der Waals surface area contributed by atoms with E-state index in [-0.39, 0.29) is 18.9 Å². The third-order valence-electron chi connectivity index (χ3n) is 4.49. The zero-order chi connectivity index (χ0) is 20.1. The van der Waals surface area contributed by atoms with Crippen molar-refractivity contribution < 1.29 is 14.3 Å². The molecule has 0 atom stereocenters. The first kappa shape index (κ1) is 19.1. The van der Waals surface area contributed by atoms with Gasteiger partial charge in [-0.25, -0.2) is 0 Å². The monoisotopic (exact) mass is 404 g/mol. The molecular weight excluding hydrogens is 384 g/mol. The molecule has 29 heavy (non-hydrogen) atoms. The molecule has 0 radical (unpaired) electrons. The summed E-state index contributed by atoms with van der Waals surface area (Å²) in [6.45, 7) is 0.185. The summed E-state index contributed by atoms with van der Waals surface area (Å²) < 4.78 is 5.16. The maximum Gasteiger partial charge on any atom is 0.308 e. The molecule has 3 aromatic rings. The number of ether oxygens (including phenoxy) is 1. The molecule has 3 aromatic carbocycles. The van der Waals surface area contributed by atoms with Gasteiger partial charge in [0.05, 0.1) is 17.8 Å². The Labute approximate surface area is 173 Å². The zero-order valence-electron chi connectivity index (χ0n) is 15.7. The van der Waals surface area contributed by atoms with Crippen molar-refractivity contribution in [2.75, 3.05) is 23.4 Å². The van der Waals surface area contributed by atoms with E-state index in [1.54, 1.807) is 23.9 Å². The van der Waals surface area contributed by atoms with Gasteiger partial charge in [-0.2, -0.15) is 0 Å². The van der Waals surface area contributed by atoms with E-state index in [1.165, 1.54) is 0 Å². The molecule has 0 fully saturated rings. The Kier molecular flexibility index (Phi) is 5.81. The first-order valence-corrected chi connectivity index (χ1v) is 10.2. The highest BCUT2D eigenvalue weighted by Gasteiger charge is 2.23. The van der Waals surface area contributed by atoms with Crippen LogP contribution in [-0.4, -0.2) is 25.0 Å². The average Bonchev–Trinajstić information content (AvgIpc) is 2.76. The largest absolute Gasteiger partial charge is 0.456 e. The summed E-state index contributed by atoms with van der Waals surface area (Å²) in [7, 11) is 0. The fourth-order valence-electron chi connectivity index (χ4n) is 3.16. The molecule has 0 saturated heterocycles. The Morgan fingerprint density at radius 3 is 2.07 bits per heavy atom. The summed E-state index contributed by atoms with van der Waals surface area (Å²) in [5, 5.41) is 2.70. The average molecular weight is 404 g/mol. The Morgan fingerprint density at radius 1 is 0.828 bits per heavy atom.